The zero-order valence-corrected chi connectivity index (χ0v) is 11.2. The second-order valence-corrected chi connectivity index (χ2v) is 4.42. The Labute approximate surface area is 109 Å². The molecule has 0 aromatic heterocycles. The molecule has 1 aromatic rings. The quantitative estimate of drug-likeness (QED) is 0.725. The van der Waals surface area contributed by atoms with Crippen LogP contribution in [0.25, 0.3) is 0 Å². The molecule has 0 saturated carbocycles. The van der Waals surface area contributed by atoms with Crippen LogP contribution in [0.1, 0.15) is 32.3 Å². The summed E-state index contributed by atoms with van der Waals surface area (Å²) in [4.78, 5) is 11.7. The highest BCUT2D eigenvalue weighted by Crippen LogP contribution is 2.10. The summed E-state index contributed by atoms with van der Waals surface area (Å²) >= 11 is 0. The van der Waals surface area contributed by atoms with Crippen molar-refractivity contribution < 1.29 is 4.79 Å². The minimum atomic E-state index is -0.156. The predicted octanol–water partition coefficient (Wildman–Crippen LogP) is 2.70. The molecule has 0 atom stereocenters. The lowest BCUT2D eigenvalue weighted by Crippen LogP contribution is -2.32. The van der Waals surface area contributed by atoms with Gasteiger partial charge in [0.05, 0.1) is 0 Å². The van der Waals surface area contributed by atoms with Crippen molar-refractivity contribution in [1.29, 1.82) is 0 Å². The van der Waals surface area contributed by atoms with Gasteiger partial charge in [-0.25, -0.2) is 4.79 Å². The Kier molecular flexibility index (Phi) is 6.22. The molecule has 18 heavy (non-hydrogen) atoms. The summed E-state index contributed by atoms with van der Waals surface area (Å²) in [6.07, 6.45) is 2.17. The maximum absolute atomic E-state index is 11.7. The van der Waals surface area contributed by atoms with Gasteiger partial charge in [-0.15, -0.1) is 0 Å². The number of carbonyl (C=O) groups excluding carboxylic acids is 1. The molecule has 4 N–H and O–H groups in total. The van der Waals surface area contributed by atoms with E-state index < -0.39 is 0 Å². The third kappa shape index (κ3) is 4.75. The summed E-state index contributed by atoms with van der Waals surface area (Å²) in [6, 6.07) is 7.41. The van der Waals surface area contributed by atoms with Gasteiger partial charge in [0.2, 0.25) is 0 Å². The Balaban J connectivity index is 2.44. The molecule has 2 amide bonds. The number of hydrogen-bond donors (Lipinski definition) is 3. The van der Waals surface area contributed by atoms with Crippen molar-refractivity contribution in [3.8, 4) is 0 Å². The van der Waals surface area contributed by atoms with Gasteiger partial charge in [0.1, 0.15) is 0 Å². The number of hydrogen-bond acceptors (Lipinski definition) is 2. The zero-order valence-electron chi connectivity index (χ0n) is 11.2. The van der Waals surface area contributed by atoms with Gasteiger partial charge < -0.3 is 16.4 Å². The van der Waals surface area contributed by atoms with E-state index >= 15 is 0 Å². The van der Waals surface area contributed by atoms with Gasteiger partial charge in [-0.1, -0.05) is 38.8 Å². The van der Waals surface area contributed by atoms with Crippen LogP contribution >= 0.6 is 0 Å². The minimum absolute atomic E-state index is 0.156. The molecule has 0 saturated heterocycles. The first-order valence-corrected chi connectivity index (χ1v) is 6.53. The van der Waals surface area contributed by atoms with Crippen molar-refractivity contribution in [1.82, 2.24) is 5.32 Å². The van der Waals surface area contributed by atoms with Gasteiger partial charge in [-0.3, -0.25) is 0 Å². The van der Waals surface area contributed by atoms with Gasteiger partial charge in [0, 0.05) is 18.8 Å². The van der Waals surface area contributed by atoms with Crippen LogP contribution in [0.15, 0.2) is 24.3 Å². The Hall–Kier alpha value is -1.55. The fourth-order valence-electron chi connectivity index (χ4n) is 1.77. The Morgan fingerprint density at radius 3 is 2.67 bits per heavy atom. The number of urea groups is 1. The summed E-state index contributed by atoms with van der Waals surface area (Å²) in [5, 5.41) is 5.70. The molecule has 1 rings (SSSR count). The molecule has 0 heterocycles. The van der Waals surface area contributed by atoms with Gasteiger partial charge in [-0.2, -0.15) is 0 Å². The van der Waals surface area contributed by atoms with Gasteiger partial charge in [0.15, 0.2) is 0 Å². The highest BCUT2D eigenvalue weighted by molar-refractivity contribution is 5.89. The van der Waals surface area contributed by atoms with E-state index in [4.69, 9.17) is 5.73 Å². The summed E-state index contributed by atoms with van der Waals surface area (Å²) in [7, 11) is 0. The third-order valence-electron chi connectivity index (χ3n) is 3.13. The number of anilines is 1. The van der Waals surface area contributed by atoms with E-state index in [-0.39, 0.29) is 6.03 Å². The number of nitrogens with one attached hydrogen (secondary N) is 2. The van der Waals surface area contributed by atoms with Crippen molar-refractivity contribution in [2.24, 2.45) is 11.7 Å². The van der Waals surface area contributed by atoms with Gasteiger partial charge >= 0.3 is 6.03 Å². The molecule has 4 heteroatoms. The second kappa shape index (κ2) is 7.71. The number of benzene rings is 1. The lowest BCUT2D eigenvalue weighted by molar-refractivity contribution is 0.249. The molecule has 0 radical (unpaired) electrons. The zero-order chi connectivity index (χ0) is 13.4. The number of carbonyl (C=O) groups is 1. The molecule has 0 spiro atoms. The van der Waals surface area contributed by atoms with Crippen molar-refractivity contribution in [2.75, 3.05) is 11.9 Å². The average molecular weight is 249 g/mol. The Morgan fingerprint density at radius 1 is 1.33 bits per heavy atom. The van der Waals surface area contributed by atoms with E-state index in [0.717, 1.165) is 30.6 Å². The fraction of sp³-hybridized carbons (Fsp3) is 0.500. The van der Waals surface area contributed by atoms with Crippen LogP contribution in [-0.4, -0.2) is 12.6 Å². The van der Waals surface area contributed by atoms with Gasteiger partial charge in [-0.05, 0) is 23.6 Å². The highest BCUT2D eigenvalue weighted by Gasteiger charge is 2.06. The molecular weight excluding hydrogens is 226 g/mol. The molecule has 1 aromatic carbocycles. The number of amides is 2. The van der Waals surface area contributed by atoms with Crippen molar-refractivity contribution >= 4 is 11.7 Å². The normalized spacial score (nSPS) is 10.4. The van der Waals surface area contributed by atoms with E-state index in [1.807, 2.05) is 24.3 Å². The first kappa shape index (κ1) is 14.5. The second-order valence-electron chi connectivity index (χ2n) is 4.42. The van der Waals surface area contributed by atoms with E-state index in [1.165, 1.54) is 0 Å². The molecule has 0 aliphatic carbocycles. The fourth-order valence-corrected chi connectivity index (χ4v) is 1.77. The lowest BCUT2D eigenvalue weighted by atomic mass is 10.0. The molecule has 0 fully saturated rings. The monoisotopic (exact) mass is 249 g/mol. The van der Waals surface area contributed by atoms with E-state index in [9.17, 15) is 4.79 Å². The summed E-state index contributed by atoms with van der Waals surface area (Å²) in [6.45, 7) is 5.47. The van der Waals surface area contributed by atoms with Crippen LogP contribution in [0.2, 0.25) is 0 Å². The van der Waals surface area contributed by atoms with Crippen molar-refractivity contribution in [3.63, 3.8) is 0 Å². The van der Waals surface area contributed by atoms with Crippen LogP contribution in [0.5, 0.6) is 0 Å². The number of rotatable bonds is 6. The molecule has 0 aliphatic rings. The maximum Gasteiger partial charge on any atom is 0.319 e. The summed E-state index contributed by atoms with van der Waals surface area (Å²) in [5.41, 5.74) is 7.34. The standard InChI is InChI=1S/C14H23N3O/c1-3-11(4-2)10-16-14(18)17-13-7-5-6-12(8-13)9-15/h5-8,11H,3-4,9-10,15H2,1-2H3,(H2,16,17,18). The minimum Gasteiger partial charge on any atom is -0.338 e. The van der Waals surface area contributed by atoms with Crippen molar-refractivity contribution in [2.45, 2.75) is 33.2 Å². The van der Waals surface area contributed by atoms with E-state index in [0.29, 0.717) is 12.5 Å². The summed E-state index contributed by atoms with van der Waals surface area (Å²) < 4.78 is 0. The molecule has 4 nitrogen and oxygen atoms in total. The van der Waals surface area contributed by atoms with Gasteiger partial charge in [0.25, 0.3) is 0 Å². The third-order valence-corrected chi connectivity index (χ3v) is 3.13. The van der Waals surface area contributed by atoms with Crippen molar-refractivity contribution in [3.05, 3.63) is 29.8 Å². The van der Waals surface area contributed by atoms with E-state index in [2.05, 4.69) is 24.5 Å². The molecule has 0 bridgehead atoms. The molecule has 0 unspecified atom stereocenters. The smallest absolute Gasteiger partial charge is 0.319 e. The van der Waals surface area contributed by atoms with Crippen LogP contribution in [0.3, 0.4) is 0 Å². The predicted molar refractivity (Wildman–Crippen MR) is 75.4 cm³/mol. The topological polar surface area (TPSA) is 67.2 Å². The Morgan fingerprint density at radius 2 is 2.06 bits per heavy atom. The summed E-state index contributed by atoms with van der Waals surface area (Å²) in [5.74, 6) is 0.547. The van der Waals surface area contributed by atoms with Crippen LogP contribution < -0.4 is 16.4 Å². The largest absolute Gasteiger partial charge is 0.338 e. The molecular formula is C14H23N3O. The molecule has 0 aliphatic heterocycles. The number of nitrogens with two attached hydrogens (primary N) is 1. The highest BCUT2D eigenvalue weighted by atomic mass is 16.2. The maximum atomic E-state index is 11.7. The first-order valence-electron chi connectivity index (χ1n) is 6.53. The van der Waals surface area contributed by atoms with Crippen LogP contribution in [0.4, 0.5) is 10.5 Å². The SMILES string of the molecule is CCC(CC)CNC(=O)Nc1cccc(CN)c1. The lowest BCUT2D eigenvalue weighted by Gasteiger charge is -2.14. The van der Waals surface area contributed by atoms with Crippen LogP contribution in [-0.2, 0) is 6.54 Å². The Bertz CT molecular complexity index is 375. The first-order chi connectivity index (χ1) is 8.69. The average Bonchev–Trinajstić information content (AvgIpc) is 2.40. The molecule has 100 valence electrons. The van der Waals surface area contributed by atoms with Crippen LogP contribution in [0, 0.1) is 5.92 Å². The van der Waals surface area contributed by atoms with E-state index in [1.54, 1.807) is 0 Å².